The minimum atomic E-state index is 0.620. The predicted octanol–water partition coefficient (Wildman–Crippen LogP) is 1.91. The maximum absolute atomic E-state index is 5.97. The average Bonchev–Trinajstić information content (AvgIpc) is 2.40. The van der Waals surface area contributed by atoms with Crippen molar-refractivity contribution in [1.82, 2.24) is 10.3 Å². The van der Waals surface area contributed by atoms with Gasteiger partial charge < -0.3 is 14.8 Å². The van der Waals surface area contributed by atoms with E-state index in [4.69, 9.17) is 9.47 Å². The summed E-state index contributed by atoms with van der Waals surface area (Å²) in [7, 11) is 1.93. The summed E-state index contributed by atoms with van der Waals surface area (Å²) in [6.45, 7) is 5.30. The van der Waals surface area contributed by atoms with E-state index in [0.717, 1.165) is 56.2 Å². The van der Waals surface area contributed by atoms with E-state index in [1.807, 2.05) is 26.2 Å². The molecule has 0 spiro atoms. The van der Waals surface area contributed by atoms with Crippen LogP contribution in [-0.4, -0.2) is 31.9 Å². The van der Waals surface area contributed by atoms with Crippen molar-refractivity contribution in [3.63, 3.8) is 0 Å². The van der Waals surface area contributed by atoms with Crippen LogP contribution in [0.5, 0.6) is 5.75 Å². The third-order valence-electron chi connectivity index (χ3n) is 3.26. The van der Waals surface area contributed by atoms with Crippen LogP contribution in [0.2, 0.25) is 0 Å². The smallest absolute Gasteiger partial charge is 0.127 e. The second-order valence-electron chi connectivity index (χ2n) is 4.83. The Morgan fingerprint density at radius 1 is 1.44 bits per heavy atom. The normalized spacial score (nSPS) is 16.8. The van der Waals surface area contributed by atoms with E-state index < -0.39 is 0 Å². The number of nitrogens with one attached hydrogen (secondary N) is 1. The average molecular weight is 250 g/mol. The van der Waals surface area contributed by atoms with Crippen molar-refractivity contribution in [3.8, 4) is 5.75 Å². The highest BCUT2D eigenvalue weighted by atomic mass is 16.5. The summed E-state index contributed by atoms with van der Waals surface area (Å²) < 4.78 is 11.3. The molecule has 0 radical (unpaired) electrons. The summed E-state index contributed by atoms with van der Waals surface area (Å²) in [5, 5.41) is 3.14. The van der Waals surface area contributed by atoms with E-state index in [9.17, 15) is 0 Å². The quantitative estimate of drug-likeness (QED) is 0.867. The Balaban J connectivity index is 1.95. The fraction of sp³-hybridized carbons (Fsp3) is 0.643. The molecular formula is C14H22N2O2. The number of nitrogens with zero attached hydrogens (tertiary/aromatic N) is 1. The maximum Gasteiger partial charge on any atom is 0.127 e. The first-order chi connectivity index (χ1) is 8.79. The van der Waals surface area contributed by atoms with Crippen molar-refractivity contribution in [2.75, 3.05) is 26.9 Å². The molecule has 1 N–H and O–H groups in total. The SMILES string of the molecule is CNCc1cnc(C)cc1OCC1CCOCC1. The van der Waals surface area contributed by atoms with Gasteiger partial charge in [-0.15, -0.1) is 0 Å². The van der Waals surface area contributed by atoms with E-state index in [-0.39, 0.29) is 0 Å². The first-order valence-electron chi connectivity index (χ1n) is 6.60. The molecule has 2 heterocycles. The monoisotopic (exact) mass is 250 g/mol. The fourth-order valence-electron chi connectivity index (χ4n) is 2.14. The molecule has 0 atom stereocenters. The molecule has 0 bridgehead atoms. The van der Waals surface area contributed by atoms with Crippen molar-refractivity contribution in [2.45, 2.75) is 26.3 Å². The van der Waals surface area contributed by atoms with Gasteiger partial charge >= 0.3 is 0 Å². The largest absolute Gasteiger partial charge is 0.493 e. The zero-order valence-corrected chi connectivity index (χ0v) is 11.2. The molecule has 100 valence electrons. The topological polar surface area (TPSA) is 43.4 Å². The summed E-state index contributed by atoms with van der Waals surface area (Å²) in [5.74, 6) is 1.58. The van der Waals surface area contributed by atoms with Crippen molar-refractivity contribution in [1.29, 1.82) is 0 Å². The van der Waals surface area contributed by atoms with E-state index in [2.05, 4.69) is 10.3 Å². The van der Waals surface area contributed by atoms with Gasteiger partial charge in [-0.3, -0.25) is 4.98 Å². The van der Waals surface area contributed by atoms with Crippen molar-refractivity contribution in [2.24, 2.45) is 5.92 Å². The molecule has 1 aromatic heterocycles. The molecule has 1 aliphatic heterocycles. The Morgan fingerprint density at radius 3 is 2.94 bits per heavy atom. The lowest BCUT2D eigenvalue weighted by atomic mass is 10.0. The Hall–Kier alpha value is -1.13. The van der Waals surface area contributed by atoms with Crippen molar-refractivity contribution >= 4 is 0 Å². The highest BCUT2D eigenvalue weighted by molar-refractivity contribution is 5.32. The minimum Gasteiger partial charge on any atom is -0.493 e. The number of pyridine rings is 1. The lowest BCUT2D eigenvalue weighted by molar-refractivity contribution is 0.0496. The van der Waals surface area contributed by atoms with Crippen molar-refractivity contribution in [3.05, 3.63) is 23.5 Å². The van der Waals surface area contributed by atoms with Gasteiger partial charge in [-0.05, 0) is 32.7 Å². The second kappa shape index (κ2) is 6.71. The van der Waals surface area contributed by atoms with Gasteiger partial charge in [-0.25, -0.2) is 0 Å². The number of hydrogen-bond acceptors (Lipinski definition) is 4. The maximum atomic E-state index is 5.97. The lowest BCUT2D eigenvalue weighted by Crippen LogP contribution is -2.22. The molecule has 0 aliphatic carbocycles. The Morgan fingerprint density at radius 2 is 2.22 bits per heavy atom. The predicted molar refractivity (Wildman–Crippen MR) is 70.8 cm³/mol. The van der Waals surface area contributed by atoms with E-state index in [1.165, 1.54) is 0 Å². The minimum absolute atomic E-state index is 0.620. The van der Waals surface area contributed by atoms with Gasteiger partial charge in [0.25, 0.3) is 0 Å². The number of aromatic nitrogens is 1. The zero-order chi connectivity index (χ0) is 12.8. The van der Waals surface area contributed by atoms with Gasteiger partial charge in [0.15, 0.2) is 0 Å². The molecule has 1 aliphatic rings. The van der Waals surface area contributed by atoms with E-state index >= 15 is 0 Å². The molecule has 18 heavy (non-hydrogen) atoms. The summed E-state index contributed by atoms with van der Waals surface area (Å²) in [6, 6.07) is 2.02. The molecule has 4 heteroatoms. The van der Waals surface area contributed by atoms with Crippen LogP contribution in [0.4, 0.5) is 0 Å². The molecule has 0 unspecified atom stereocenters. The zero-order valence-electron chi connectivity index (χ0n) is 11.2. The van der Waals surface area contributed by atoms with E-state index in [1.54, 1.807) is 0 Å². The van der Waals surface area contributed by atoms with Crippen LogP contribution in [0, 0.1) is 12.8 Å². The molecule has 2 rings (SSSR count). The highest BCUT2D eigenvalue weighted by Gasteiger charge is 2.15. The van der Waals surface area contributed by atoms with Gasteiger partial charge in [0.1, 0.15) is 5.75 Å². The lowest BCUT2D eigenvalue weighted by Gasteiger charge is -2.22. The number of rotatable bonds is 5. The van der Waals surface area contributed by atoms with Crippen LogP contribution < -0.4 is 10.1 Å². The summed E-state index contributed by atoms with van der Waals surface area (Å²) in [6.07, 6.45) is 4.10. The van der Waals surface area contributed by atoms with Gasteiger partial charge in [-0.2, -0.15) is 0 Å². The Labute approximate surface area is 109 Å². The number of ether oxygens (including phenoxy) is 2. The molecule has 1 saturated heterocycles. The van der Waals surface area contributed by atoms with Crippen LogP contribution in [0.3, 0.4) is 0 Å². The molecule has 1 aromatic rings. The van der Waals surface area contributed by atoms with Crippen LogP contribution in [0.1, 0.15) is 24.1 Å². The van der Waals surface area contributed by atoms with Gasteiger partial charge in [0.05, 0.1) is 6.61 Å². The molecule has 0 aromatic carbocycles. The summed E-state index contributed by atoms with van der Waals surface area (Å²) >= 11 is 0. The third kappa shape index (κ3) is 3.68. The molecule has 0 saturated carbocycles. The number of hydrogen-bond donors (Lipinski definition) is 1. The van der Waals surface area contributed by atoms with E-state index in [0.29, 0.717) is 5.92 Å². The van der Waals surface area contributed by atoms with Crippen LogP contribution in [0.25, 0.3) is 0 Å². The van der Waals surface area contributed by atoms with Crippen LogP contribution in [-0.2, 0) is 11.3 Å². The van der Waals surface area contributed by atoms with Gasteiger partial charge in [0, 0.05) is 43.3 Å². The standard InChI is InChI=1S/C14H22N2O2/c1-11-7-14(13(8-15-2)9-16-11)18-10-12-3-5-17-6-4-12/h7,9,12,15H,3-6,8,10H2,1-2H3. The van der Waals surface area contributed by atoms with Crippen LogP contribution >= 0.6 is 0 Å². The van der Waals surface area contributed by atoms with Gasteiger partial charge in [0.2, 0.25) is 0 Å². The first-order valence-corrected chi connectivity index (χ1v) is 6.60. The molecular weight excluding hydrogens is 228 g/mol. The van der Waals surface area contributed by atoms with Crippen LogP contribution in [0.15, 0.2) is 12.3 Å². The van der Waals surface area contributed by atoms with Gasteiger partial charge in [-0.1, -0.05) is 0 Å². The molecule has 0 amide bonds. The molecule has 4 nitrogen and oxygen atoms in total. The Kier molecular flexibility index (Phi) is 4.96. The number of aryl methyl sites for hydroxylation is 1. The fourth-order valence-corrected chi connectivity index (χ4v) is 2.14. The Bertz CT molecular complexity index is 376. The second-order valence-corrected chi connectivity index (χ2v) is 4.83. The van der Waals surface area contributed by atoms with Crippen molar-refractivity contribution < 1.29 is 9.47 Å². The highest BCUT2D eigenvalue weighted by Crippen LogP contribution is 2.21. The molecule has 1 fully saturated rings. The first kappa shape index (κ1) is 13.3. The summed E-state index contributed by atoms with van der Waals surface area (Å²) in [5.41, 5.74) is 2.12. The third-order valence-corrected chi connectivity index (χ3v) is 3.26. The summed E-state index contributed by atoms with van der Waals surface area (Å²) in [4.78, 5) is 4.31.